The molecule has 0 aliphatic heterocycles. The van der Waals surface area contributed by atoms with Crippen molar-refractivity contribution in [2.75, 3.05) is 12.1 Å². The molecule has 0 aliphatic rings. The van der Waals surface area contributed by atoms with Crippen LogP contribution in [-0.2, 0) is 0 Å². The zero-order valence-corrected chi connectivity index (χ0v) is 10.4. The molecule has 0 radical (unpaired) electrons. The van der Waals surface area contributed by atoms with Gasteiger partial charge in [-0.1, -0.05) is 18.2 Å². The molecule has 0 bridgehead atoms. The van der Waals surface area contributed by atoms with Crippen molar-refractivity contribution < 1.29 is 15.3 Å². The Hall–Kier alpha value is -2.69. The molecular formula is C14H14N2O3. The van der Waals surface area contributed by atoms with Crippen LogP contribution in [0.3, 0.4) is 0 Å². The molecule has 0 spiro atoms. The summed E-state index contributed by atoms with van der Waals surface area (Å²) in [5.41, 5.74) is 1.21. The van der Waals surface area contributed by atoms with E-state index >= 15 is 0 Å². The van der Waals surface area contributed by atoms with Crippen molar-refractivity contribution in [1.29, 1.82) is 0 Å². The highest BCUT2D eigenvalue weighted by Crippen LogP contribution is 2.31. The highest BCUT2D eigenvalue weighted by Gasteiger charge is 2.06. The Morgan fingerprint density at radius 3 is 2.26 bits per heavy atom. The van der Waals surface area contributed by atoms with Crippen LogP contribution in [-0.4, -0.2) is 28.6 Å². The number of hydrazone groups is 1. The van der Waals surface area contributed by atoms with Crippen LogP contribution in [0.2, 0.25) is 0 Å². The van der Waals surface area contributed by atoms with Gasteiger partial charge >= 0.3 is 0 Å². The fraction of sp³-hybridized carbons (Fsp3) is 0.0714. The van der Waals surface area contributed by atoms with Crippen LogP contribution in [0.15, 0.2) is 47.6 Å². The van der Waals surface area contributed by atoms with Crippen molar-refractivity contribution >= 4 is 11.9 Å². The van der Waals surface area contributed by atoms with Crippen molar-refractivity contribution in [3.63, 3.8) is 0 Å². The van der Waals surface area contributed by atoms with Gasteiger partial charge in [-0.2, -0.15) is 5.10 Å². The van der Waals surface area contributed by atoms with Gasteiger partial charge in [-0.3, -0.25) is 5.01 Å². The van der Waals surface area contributed by atoms with Crippen LogP contribution in [0.4, 0.5) is 5.69 Å². The molecule has 0 amide bonds. The van der Waals surface area contributed by atoms with Gasteiger partial charge in [0.15, 0.2) is 11.5 Å². The summed E-state index contributed by atoms with van der Waals surface area (Å²) >= 11 is 0. The first-order valence-corrected chi connectivity index (χ1v) is 5.65. The van der Waals surface area contributed by atoms with E-state index in [1.165, 1.54) is 12.3 Å². The van der Waals surface area contributed by atoms with Gasteiger partial charge in [-0.25, -0.2) is 0 Å². The van der Waals surface area contributed by atoms with Crippen LogP contribution in [0, 0.1) is 0 Å². The number of anilines is 1. The fourth-order valence-electron chi connectivity index (χ4n) is 1.54. The number of phenolic OH excluding ortho intramolecular Hbond substituents is 3. The van der Waals surface area contributed by atoms with E-state index in [1.54, 1.807) is 12.1 Å². The molecule has 0 fully saturated rings. The summed E-state index contributed by atoms with van der Waals surface area (Å²) in [5.74, 6) is -0.826. The van der Waals surface area contributed by atoms with Gasteiger partial charge in [0.05, 0.1) is 11.9 Å². The van der Waals surface area contributed by atoms with Gasteiger partial charge < -0.3 is 15.3 Å². The van der Waals surface area contributed by atoms with Crippen molar-refractivity contribution in [1.82, 2.24) is 0 Å². The Balaban J connectivity index is 2.21. The molecule has 0 aliphatic carbocycles. The summed E-state index contributed by atoms with van der Waals surface area (Å²) in [6.07, 6.45) is 1.40. The first-order chi connectivity index (χ1) is 9.08. The predicted molar refractivity (Wildman–Crippen MR) is 73.9 cm³/mol. The molecule has 19 heavy (non-hydrogen) atoms. The Bertz CT molecular complexity index is 597. The third kappa shape index (κ3) is 2.95. The standard InChI is InChI=1S/C14H14N2O3/c1-16(11-5-3-2-4-6-11)15-9-10-7-13(18)14(19)8-12(10)17/h2-9,17-19H,1H3. The minimum absolute atomic E-state index is 0.152. The molecule has 0 heterocycles. The van der Waals surface area contributed by atoms with Crippen LogP contribution >= 0.6 is 0 Å². The van der Waals surface area contributed by atoms with E-state index in [2.05, 4.69) is 5.10 Å². The van der Waals surface area contributed by atoms with Gasteiger partial charge in [0.2, 0.25) is 0 Å². The molecule has 0 aromatic heterocycles. The molecule has 5 nitrogen and oxygen atoms in total. The fourth-order valence-corrected chi connectivity index (χ4v) is 1.54. The first-order valence-electron chi connectivity index (χ1n) is 5.65. The molecule has 0 saturated heterocycles. The van der Waals surface area contributed by atoms with Crippen molar-refractivity contribution in [2.45, 2.75) is 0 Å². The maximum atomic E-state index is 9.62. The smallest absolute Gasteiger partial charge is 0.161 e. The summed E-state index contributed by atoms with van der Waals surface area (Å²) in [6.45, 7) is 0. The third-order valence-corrected chi connectivity index (χ3v) is 2.62. The van der Waals surface area contributed by atoms with Crippen molar-refractivity contribution in [2.24, 2.45) is 5.10 Å². The van der Waals surface area contributed by atoms with E-state index < -0.39 is 0 Å². The summed E-state index contributed by atoms with van der Waals surface area (Å²) in [7, 11) is 1.77. The Morgan fingerprint density at radius 2 is 1.58 bits per heavy atom. The third-order valence-electron chi connectivity index (χ3n) is 2.62. The predicted octanol–water partition coefficient (Wildman–Crippen LogP) is 2.27. The summed E-state index contributed by atoms with van der Waals surface area (Å²) < 4.78 is 0. The quantitative estimate of drug-likeness (QED) is 0.341. The number of hydrogen-bond donors (Lipinski definition) is 3. The molecule has 3 N–H and O–H groups in total. The second-order valence-corrected chi connectivity index (χ2v) is 4.00. The second kappa shape index (κ2) is 5.30. The molecule has 2 rings (SSSR count). The molecule has 0 saturated carbocycles. The SMILES string of the molecule is CN(N=Cc1cc(O)c(O)cc1O)c1ccccc1. The van der Waals surface area contributed by atoms with E-state index in [0.717, 1.165) is 11.8 Å². The Kier molecular flexibility index (Phi) is 3.56. The van der Waals surface area contributed by atoms with Gasteiger partial charge in [0.1, 0.15) is 5.75 Å². The Morgan fingerprint density at radius 1 is 0.947 bits per heavy atom. The minimum atomic E-state index is -0.369. The van der Waals surface area contributed by atoms with E-state index in [9.17, 15) is 15.3 Å². The lowest BCUT2D eigenvalue weighted by Gasteiger charge is -2.12. The van der Waals surface area contributed by atoms with Crippen molar-refractivity contribution in [3.8, 4) is 17.2 Å². The molecule has 2 aromatic carbocycles. The van der Waals surface area contributed by atoms with E-state index in [4.69, 9.17) is 0 Å². The van der Waals surface area contributed by atoms with Gasteiger partial charge in [0.25, 0.3) is 0 Å². The lowest BCUT2D eigenvalue weighted by molar-refractivity contribution is 0.396. The average Bonchev–Trinajstić information content (AvgIpc) is 2.42. The van der Waals surface area contributed by atoms with Crippen molar-refractivity contribution in [3.05, 3.63) is 48.0 Å². The maximum absolute atomic E-state index is 9.62. The zero-order chi connectivity index (χ0) is 13.8. The second-order valence-electron chi connectivity index (χ2n) is 4.00. The van der Waals surface area contributed by atoms with Gasteiger partial charge in [-0.15, -0.1) is 0 Å². The largest absolute Gasteiger partial charge is 0.507 e. The number of phenols is 3. The summed E-state index contributed by atoms with van der Waals surface area (Å²) in [6, 6.07) is 11.8. The number of hydrogen-bond acceptors (Lipinski definition) is 5. The normalized spacial score (nSPS) is 10.8. The average molecular weight is 258 g/mol. The summed E-state index contributed by atoms with van der Waals surface area (Å²) in [5, 5.41) is 34.0. The minimum Gasteiger partial charge on any atom is -0.507 e. The number of rotatable bonds is 3. The van der Waals surface area contributed by atoms with Gasteiger partial charge in [0, 0.05) is 18.7 Å². The highest BCUT2D eigenvalue weighted by molar-refractivity contribution is 5.85. The van der Waals surface area contributed by atoms with Crippen LogP contribution < -0.4 is 5.01 Å². The van der Waals surface area contributed by atoms with Crippen LogP contribution in [0.5, 0.6) is 17.2 Å². The summed E-state index contributed by atoms with van der Waals surface area (Å²) in [4.78, 5) is 0. The molecule has 0 atom stereocenters. The number of aromatic hydroxyl groups is 3. The lowest BCUT2D eigenvalue weighted by Crippen LogP contribution is -2.08. The maximum Gasteiger partial charge on any atom is 0.161 e. The van der Waals surface area contributed by atoms with E-state index in [1.807, 2.05) is 30.3 Å². The van der Waals surface area contributed by atoms with E-state index in [0.29, 0.717) is 5.56 Å². The number of para-hydroxylation sites is 1. The number of nitrogens with zero attached hydrogens (tertiary/aromatic N) is 2. The number of benzene rings is 2. The molecule has 0 unspecified atom stereocenters. The molecule has 2 aromatic rings. The molecule has 5 heteroatoms. The topological polar surface area (TPSA) is 76.3 Å². The van der Waals surface area contributed by atoms with Crippen LogP contribution in [0.1, 0.15) is 5.56 Å². The Labute approximate surface area is 110 Å². The lowest BCUT2D eigenvalue weighted by atomic mass is 10.2. The zero-order valence-electron chi connectivity index (χ0n) is 10.4. The highest BCUT2D eigenvalue weighted by atomic mass is 16.3. The molecular weight excluding hydrogens is 244 g/mol. The first kappa shape index (κ1) is 12.8. The monoisotopic (exact) mass is 258 g/mol. The van der Waals surface area contributed by atoms with E-state index in [-0.39, 0.29) is 17.2 Å². The van der Waals surface area contributed by atoms with Gasteiger partial charge in [-0.05, 0) is 18.2 Å². The molecule has 98 valence electrons. The van der Waals surface area contributed by atoms with Crippen LogP contribution in [0.25, 0.3) is 0 Å².